The second-order valence-corrected chi connectivity index (χ2v) is 3.99. The van der Waals surface area contributed by atoms with Gasteiger partial charge in [0.1, 0.15) is 5.82 Å². The van der Waals surface area contributed by atoms with Crippen molar-refractivity contribution in [3.05, 3.63) is 59.9 Å². The molecule has 0 saturated carbocycles. The van der Waals surface area contributed by atoms with Crippen LogP contribution in [0.2, 0.25) is 0 Å². The van der Waals surface area contributed by atoms with Crippen molar-refractivity contribution in [2.45, 2.75) is 13.5 Å². The zero-order valence-corrected chi connectivity index (χ0v) is 9.91. The van der Waals surface area contributed by atoms with Crippen LogP contribution in [0.15, 0.2) is 48.5 Å². The van der Waals surface area contributed by atoms with Crippen LogP contribution in [-0.2, 0) is 6.54 Å². The summed E-state index contributed by atoms with van der Waals surface area (Å²) >= 11 is 0. The van der Waals surface area contributed by atoms with Crippen LogP contribution in [0.25, 0.3) is 11.1 Å². The van der Waals surface area contributed by atoms with Crippen LogP contribution < -0.4 is 5.32 Å². The lowest BCUT2D eigenvalue weighted by Crippen LogP contribution is -2.11. The molecule has 0 fully saturated rings. The first-order valence-corrected chi connectivity index (χ1v) is 5.85. The van der Waals surface area contributed by atoms with Crippen LogP contribution in [0.4, 0.5) is 4.39 Å². The third-order valence-corrected chi connectivity index (χ3v) is 2.68. The zero-order valence-electron chi connectivity index (χ0n) is 9.91. The predicted molar refractivity (Wildman–Crippen MR) is 69.2 cm³/mol. The number of halogens is 1. The van der Waals surface area contributed by atoms with Gasteiger partial charge in [-0.1, -0.05) is 37.3 Å². The third-order valence-electron chi connectivity index (χ3n) is 2.68. The maximum atomic E-state index is 12.8. The molecule has 0 atom stereocenters. The molecule has 1 nitrogen and oxygen atoms in total. The summed E-state index contributed by atoms with van der Waals surface area (Å²) in [5, 5.41) is 3.29. The zero-order chi connectivity index (χ0) is 12.1. The van der Waals surface area contributed by atoms with Crippen molar-refractivity contribution < 1.29 is 4.39 Å². The van der Waals surface area contributed by atoms with Crippen molar-refractivity contribution in [1.82, 2.24) is 5.32 Å². The van der Waals surface area contributed by atoms with E-state index in [1.807, 2.05) is 24.3 Å². The van der Waals surface area contributed by atoms with Crippen LogP contribution in [0.3, 0.4) is 0 Å². The van der Waals surface area contributed by atoms with Crippen molar-refractivity contribution in [2.75, 3.05) is 6.54 Å². The summed E-state index contributed by atoms with van der Waals surface area (Å²) in [4.78, 5) is 0. The average Bonchev–Trinajstić information content (AvgIpc) is 2.37. The van der Waals surface area contributed by atoms with Crippen LogP contribution >= 0.6 is 0 Å². The summed E-state index contributed by atoms with van der Waals surface area (Å²) < 4.78 is 12.8. The number of benzene rings is 2. The van der Waals surface area contributed by atoms with Gasteiger partial charge in [-0.05, 0) is 41.4 Å². The Morgan fingerprint density at radius 3 is 2.47 bits per heavy atom. The lowest BCUT2D eigenvalue weighted by Gasteiger charge is -2.06. The highest BCUT2D eigenvalue weighted by Gasteiger charge is 1.99. The molecule has 0 saturated heterocycles. The molecule has 0 aliphatic heterocycles. The van der Waals surface area contributed by atoms with E-state index in [0.29, 0.717) is 0 Å². The monoisotopic (exact) mass is 229 g/mol. The smallest absolute Gasteiger partial charge is 0.123 e. The Hall–Kier alpha value is -1.67. The lowest BCUT2D eigenvalue weighted by molar-refractivity contribution is 0.628. The molecule has 2 rings (SSSR count). The molecule has 0 unspecified atom stereocenters. The maximum absolute atomic E-state index is 12.8. The molecule has 88 valence electrons. The summed E-state index contributed by atoms with van der Waals surface area (Å²) in [5.41, 5.74) is 3.42. The summed E-state index contributed by atoms with van der Waals surface area (Å²) in [7, 11) is 0. The topological polar surface area (TPSA) is 12.0 Å². The van der Waals surface area contributed by atoms with E-state index in [9.17, 15) is 4.39 Å². The molecule has 0 amide bonds. The molecule has 0 spiro atoms. The fourth-order valence-corrected chi connectivity index (χ4v) is 1.77. The van der Waals surface area contributed by atoms with Crippen molar-refractivity contribution in [1.29, 1.82) is 0 Å². The average molecular weight is 229 g/mol. The second kappa shape index (κ2) is 5.60. The number of hydrogen-bond acceptors (Lipinski definition) is 1. The van der Waals surface area contributed by atoms with Gasteiger partial charge in [0, 0.05) is 6.54 Å². The molecule has 0 bridgehead atoms. The first-order chi connectivity index (χ1) is 8.29. The fraction of sp³-hybridized carbons (Fsp3) is 0.200. The van der Waals surface area contributed by atoms with E-state index in [1.54, 1.807) is 0 Å². The van der Waals surface area contributed by atoms with E-state index in [2.05, 4.69) is 24.4 Å². The Morgan fingerprint density at radius 1 is 1.00 bits per heavy atom. The van der Waals surface area contributed by atoms with Crippen molar-refractivity contribution >= 4 is 0 Å². The highest BCUT2D eigenvalue weighted by atomic mass is 19.1. The normalized spacial score (nSPS) is 10.5. The molecule has 0 aromatic heterocycles. The summed E-state index contributed by atoms with van der Waals surface area (Å²) in [6.07, 6.45) is 0. The number of rotatable bonds is 4. The number of hydrogen-bond donors (Lipinski definition) is 1. The lowest BCUT2D eigenvalue weighted by atomic mass is 10.0. The minimum absolute atomic E-state index is 0.197. The highest BCUT2D eigenvalue weighted by Crippen LogP contribution is 2.20. The molecular formula is C15H16FN. The Kier molecular flexibility index (Phi) is 3.89. The van der Waals surface area contributed by atoms with E-state index < -0.39 is 0 Å². The van der Waals surface area contributed by atoms with Crippen LogP contribution in [0.1, 0.15) is 12.5 Å². The molecule has 0 radical (unpaired) electrons. The molecular weight excluding hydrogens is 213 g/mol. The van der Waals surface area contributed by atoms with Crippen molar-refractivity contribution in [2.24, 2.45) is 0 Å². The first-order valence-electron chi connectivity index (χ1n) is 5.85. The molecule has 0 aliphatic rings. The van der Waals surface area contributed by atoms with Crippen LogP contribution in [0, 0.1) is 5.82 Å². The fourth-order valence-electron chi connectivity index (χ4n) is 1.77. The Morgan fingerprint density at radius 2 is 1.76 bits per heavy atom. The van der Waals surface area contributed by atoms with Gasteiger partial charge in [0.05, 0.1) is 0 Å². The van der Waals surface area contributed by atoms with Gasteiger partial charge in [0.15, 0.2) is 0 Å². The Bertz CT molecular complexity index is 477. The molecule has 17 heavy (non-hydrogen) atoms. The molecule has 2 heteroatoms. The standard InChI is InChI=1S/C15H16FN/c1-2-17-11-12-4-3-5-14(10-12)13-6-8-15(16)9-7-13/h3-10,17H,2,11H2,1H3. The number of nitrogens with one attached hydrogen (secondary N) is 1. The van der Waals surface area contributed by atoms with Gasteiger partial charge in [-0.2, -0.15) is 0 Å². The Balaban J connectivity index is 2.23. The predicted octanol–water partition coefficient (Wildman–Crippen LogP) is 3.60. The second-order valence-electron chi connectivity index (χ2n) is 3.99. The van der Waals surface area contributed by atoms with Gasteiger partial charge in [0.25, 0.3) is 0 Å². The summed E-state index contributed by atoms with van der Waals surface area (Å²) in [5.74, 6) is -0.197. The van der Waals surface area contributed by atoms with E-state index in [0.717, 1.165) is 24.2 Å². The highest BCUT2D eigenvalue weighted by molar-refractivity contribution is 5.63. The molecule has 0 aliphatic carbocycles. The van der Waals surface area contributed by atoms with Crippen LogP contribution in [-0.4, -0.2) is 6.54 Å². The van der Waals surface area contributed by atoms with Crippen molar-refractivity contribution in [3.8, 4) is 11.1 Å². The van der Waals surface area contributed by atoms with Crippen molar-refractivity contribution in [3.63, 3.8) is 0 Å². The summed E-state index contributed by atoms with van der Waals surface area (Å²) in [6.45, 7) is 3.91. The van der Waals surface area contributed by atoms with E-state index >= 15 is 0 Å². The van der Waals surface area contributed by atoms with Gasteiger partial charge in [-0.3, -0.25) is 0 Å². The summed E-state index contributed by atoms with van der Waals surface area (Å²) in [6, 6.07) is 14.9. The van der Waals surface area contributed by atoms with Gasteiger partial charge in [-0.25, -0.2) is 4.39 Å². The van der Waals surface area contributed by atoms with Gasteiger partial charge < -0.3 is 5.32 Å². The quantitative estimate of drug-likeness (QED) is 0.844. The van der Waals surface area contributed by atoms with Gasteiger partial charge >= 0.3 is 0 Å². The molecule has 2 aromatic carbocycles. The van der Waals surface area contributed by atoms with E-state index in [4.69, 9.17) is 0 Å². The Labute approximate surface area is 101 Å². The maximum Gasteiger partial charge on any atom is 0.123 e. The van der Waals surface area contributed by atoms with Gasteiger partial charge in [-0.15, -0.1) is 0 Å². The molecule has 1 N–H and O–H groups in total. The SMILES string of the molecule is CCNCc1cccc(-c2ccc(F)cc2)c1. The molecule has 0 heterocycles. The minimum Gasteiger partial charge on any atom is -0.313 e. The van der Waals surface area contributed by atoms with E-state index in [1.165, 1.54) is 17.7 Å². The van der Waals surface area contributed by atoms with Crippen LogP contribution in [0.5, 0.6) is 0 Å². The minimum atomic E-state index is -0.197. The van der Waals surface area contributed by atoms with E-state index in [-0.39, 0.29) is 5.82 Å². The molecule has 2 aromatic rings. The van der Waals surface area contributed by atoms with Gasteiger partial charge in [0.2, 0.25) is 0 Å². The first kappa shape index (κ1) is 11.8. The largest absolute Gasteiger partial charge is 0.313 e. The third kappa shape index (κ3) is 3.14.